The first-order chi connectivity index (χ1) is 8.31. The number of hydrogen-bond donors (Lipinski definition) is 2. The molecule has 90 valence electrons. The van der Waals surface area contributed by atoms with Gasteiger partial charge < -0.3 is 10.6 Å². The van der Waals surface area contributed by atoms with Crippen molar-refractivity contribution in [1.29, 1.82) is 0 Å². The van der Waals surface area contributed by atoms with Crippen molar-refractivity contribution < 1.29 is 0 Å². The Morgan fingerprint density at radius 3 is 2.88 bits per heavy atom. The molecule has 0 saturated heterocycles. The summed E-state index contributed by atoms with van der Waals surface area (Å²) in [5.41, 5.74) is 0. The summed E-state index contributed by atoms with van der Waals surface area (Å²) < 4.78 is 0. The largest absolute Gasteiger partial charge is 0.368 e. The zero-order valence-corrected chi connectivity index (χ0v) is 10.3. The molecule has 4 heteroatoms. The van der Waals surface area contributed by atoms with Crippen LogP contribution < -0.4 is 10.6 Å². The van der Waals surface area contributed by atoms with E-state index in [1.165, 1.54) is 0 Å². The van der Waals surface area contributed by atoms with Crippen LogP contribution >= 0.6 is 0 Å². The highest BCUT2D eigenvalue weighted by molar-refractivity contribution is 5.90. The smallest absolute Gasteiger partial charge is 0.156 e. The van der Waals surface area contributed by atoms with Crippen LogP contribution in [0.4, 0.5) is 5.82 Å². The normalized spacial score (nSPS) is 12.6. The van der Waals surface area contributed by atoms with E-state index in [0.717, 1.165) is 29.7 Å². The Kier molecular flexibility index (Phi) is 3.88. The molecule has 1 heterocycles. The van der Waals surface area contributed by atoms with Gasteiger partial charge in [-0.25, -0.2) is 0 Å². The van der Waals surface area contributed by atoms with E-state index >= 15 is 0 Å². The summed E-state index contributed by atoms with van der Waals surface area (Å²) in [6.45, 7) is 4.08. The molecule has 4 nitrogen and oxygen atoms in total. The van der Waals surface area contributed by atoms with Crippen LogP contribution in [0, 0.1) is 5.92 Å². The highest BCUT2D eigenvalue weighted by Crippen LogP contribution is 2.19. The second-order valence-electron chi connectivity index (χ2n) is 4.32. The van der Waals surface area contributed by atoms with Crippen LogP contribution in [-0.2, 0) is 0 Å². The zero-order chi connectivity index (χ0) is 12.1. The fourth-order valence-electron chi connectivity index (χ4n) is 1.85. The van der Waals surface area contributed by atoms with Crippen LogP contribution in [0.5, 0.6) is 0 Å². The van der Waals surface area contributed by atoms with Crippen LogP contribution in [-0.4, -0.2) is 30.3 Å². The van der Waals surface area contributed by atoms with Crippen molar-refractivity contribution in [1.82, 2.24) is 15.5 Å². The molecule has 0 amide bonds. The molecule has 2 N–H and O–H groups in total. The fourth-order valence-corrected chi connectivity index (χ4v) is 1.85. The highest BCUT2D eigenvalue weighted by atomic mass is 15.2. The lowest BCUT2D eigenvalue weighted by atomic mass is 10.1. The Morgan fingerprint density at radius 1 is 1.24 bits per heavy atom. The molecule has 0 aliphatic rings. The van der Waals surface area contributed by atoms with E-state index in [-0.39, 0.29) is 0 Å². The molecule has 0 saturated carbocycles. The van der Waals surface area contributed by atoms with Crippen molar-refractivity contribution in [2.24, 2.45) is 5.92 Å². The minimum atomic E-state index is 0.556. The Morgan fingerprint density at radius 2 is 2.06 bits per heavy atom. The van der Waals surface area contributed by atoms with Gasteiger partial charge in [-0.2, -0.15) is 5.10 Å². The van der Waals surface area contributed by atoms with Gasteiger partial charge in [-0.1, -0.05) is 31.2 Å². The molecular weight excluding hydrogens is 212 g/mol. The van der Waals surface area contributed by atoms with Gasteiger partial charge in [0.05, 0.1) is 6.20 Å². The Hall–Kier alpha value is -1.68. The fraction of sp³-hybridized carbons (Fsp3) is 0.385. The molecule has 0 radical (unpaired) electrons. The maximum Gasteiger partial charge on any atom is 0.156 e. The third-order valence-corrected chi connectivity index (χ3v) is 2.74. The molecule has 1 aromatic carbocycles. The van der Waals surface area contributed by atoms with Gasteiger partial charge in [0.1, 0.15) is 0 Å². The van der Waals surface area contributed by atoms with Crippen LogP contribution in [0.2, 0.25) is 0 Å². The molecule has 1 atom stereocenters. The van der Waals surface area contributed by atoms with E-state index in [0.29, 0.717) is 5.92 Å². The number of nitrogens with zero attached hydrogens (tertiary/aromatic N) is 2. The van der Waals surface area contributed by atoms with Gasteiger partial charge in [-0.15, -0.1) is 5.10 Å². The molecule has 2 rings (SSSR count). The number of rotatable bonds is 5. The maximum absolute atomic E-state index is 4.16. The number of nitrogens with one attached hydrogen (secondary N) is 2. The molecule has 0 spiro atoms. The predicted molar refractivity (Wildman–Crippen MR) is 71.1 cm³/mol. The van der Waals surface area contributed by atoms with E-state index in [4.69, 9.17) is 0 Å². The minimum Gasteiger partial charge on any atom is -0.368 e. The summed E-state index contributed by atoms with van der Waals surface area (Å²) in [5.74, 6) is 1.42. The number of aromatic nitrogens is 2. The van der Waals surface area contributed by atoms with Gasteiger partial charge in [-0.3, -0.25) is 0 Å². The first-order valence-electron chi connectivity index (χ1n) is 5.90. The number of fused-ring (bicyclic) bond motifs is 1. The average Bonchev–Trinajstić information content (AvgIpc) is 2.36. The third kappa shape index (κ3) is 2.91. The van der Waals surface area contributed by atoms with Crippen molar-refractivity contribution in [2.75, 3.05) is 25.5 Å². The quantitative estimate of drug-likeness (QED) is 0.823. The SMILES string of the molecule is CNCC(C)CNc1nncc2ccccc12. The number of anilines is 1. The van der Waals surface area contributed by atoms with Gasteiger partial charge in [0.25, 0.3) is 0 Å². The van der Waals surface area contributed by atoms with Gasteiger partial charge in [0.15, 0.2) is 5.82 Å². The second-order valence-corrected chi connectivity index (χ2v) is 4.32. The summed E-state index contributed by atoms with van der Waals surface area (Å²) in [4.78, 5) is 0. The minimum absolute atomic E-state index is 0.556. The molecule has 1 aromatic heterocycles. The molecule has 0 aliphatic carbocycles. The number of benzene rings is 1. The van der Waals surface area contributed by atoms with Gasteiger partial charge in [0, 0.05) is 17.3 Å². The van der Waals surface area contributed by atoms with Gasteiger partial charge in [-0.05, 0) is 19.5 Å². The Balaban J connectivity index is 2.13. The predicted octanol–water partition coefficient (Wildman–Crippen LogP) is 1.90. The molecule has 2 aromatic rings. The topological polar surface area (TPSA) is 49.8 Å². The maximum atomic E-state index is 4.16. The zero-order valence-electron chi connectivity index (χ0n) is 10.3. The molecule has 0 fully saturated rings. The van der Waals surface area contributed by atoms with Gasteiger partial charge in [0.2, 0.25) is 0 Å². The van der Waals surface area contributed by atoms with Crippen molar-refractivity contribution in [3.8, 4) is 0 Å². The molecular formula is C13H18N4. The molecule has 17 heavy (non-hydrogen) atoms. The van der Waals surface area contributed by atoms with E-state index in [9.17, 15) is 0 Å². The van der Waals surface area contributed by atoms with E-state index in [1.54, 1.807) is 6.20 Å². The summed E-state index contributed by atoms with van der Waals surface area (Å²) in [5, 5.41) is 16.9. The highest BCUT2D eigenvalue weighted by Gasteiger charge is 2.04. The lowest BCUT2D eigenvalue weighted by Crippen LogP contribution is -2.23. The lowest BCUT2D eigenvalue weighted by Gasteiger charge is -2.13. The van der Waals surface area contributed by atoms with Crippen molar-refractivity contribution >= 4 is 16.6 Å². The van der Waals surface area contributed by atoms with Crippen LogP contribution in [0.3, 0.4) is 0 Å². The van der Waals surface area contributed by atoms with E-state index in [2.05, 4.69) is 33.8 Å². The van der Waals surface area contributed by atoms with Crippen molar-refractivity contribution in [3.05, 3.63) is 30.5 Å². The van der Waals surface area contributed by atoms with Crippen LogP contribution in [0.15, 0.2) is 30.5 Å². The van der Waals surface area contributed by atoms with Crippen LogP contribution in [0.1, 0.15) is 6.92 Å². The lowest BCUT2D eigenvalue weighted by molar-refractivity contribution is 0.569. The van der Waals surface area contributed by atoms with Gasteiger partial charge >= 0.3 is 0 Å². The molecule has 0 bridgehead atoms. The standard InChI is InChI=1S/C13H18N4/c1-10(7-14-2)8-15-13-12-6-4-3-5-11(12)9-16-17-13/h3-6,9-10,14H,7-8H2,1-2H3,(H,15,17). The third-order valence-electron chi connectivity index (χ3n) is 2.74. The summed E-state index contributed by atoms with van der Waals surface area (Å²) >= 11 is 0. The summed E-state index contributed by atoms with van der Waals surface area (Å²) in [7, 11) is 1.97. The number of hydrogen-bond acceptors (Lipinski definition) is 4. The molecule has 0 aliphatic heterocycles. The summed E-state index contributed by atoms with van der Waals surface area (Å²) in [6.07, 6.45) is 1.79. The van der Waals surface area contributed by atoms with E-state index < -0.39 is 0 Å². The van der Waals surface area contributed by atoms with Crippen molar-refractivity contribution in [3.63, 3.8) is 0 Å². The van der Waals surface area contributed by atoms with Crippen molar-refractivity contribution in [2.45, 2.75) is 6.92 Å². The van der Waals surface area contributed by atoms with Crippen LogP contribution in [0.25, 0.3) is 10.8 Å². The first kappa shape index (κ1) is 11.8. The molecule has 1 unspecified atom stereocenters. The Bertz CT molecular complexity index is 478. The second kappa shape index (κ2) is 5.59. The van der Waals surface area contributed by atoms with E-state index in [1.807, 2.05) is 25.2 Å². The first-order valence-corrected chi connectivity index (χ1v) is 5.90. The average molecular weight is 230 g/mol. The Labute approximate surface area is 101 Å². The summed E-state index contributed by atoms with van der Waals surface area (Å²) in [6, 6.07) is 8.14. The monoisotopic (exact) mass is 230 g/mol.